The number of hydrogen-bond donors (Lipinski definition) is 1. The molecule has 0 fully saturated rings. The summed E-state index contributed by atoms with van der Waals surface area (Å²) in [5.74, 6) is 1.33. The predicted molar refractivity (Wildman–Crippen MR) is 71.3 cm³/mol. The van der Waals surface area contributed by atoms with E-state index in [-0.39, 0.29) is 6.61 Å². The van der Waals surface area contributed by atoms with Crippen molar-refractivity contribution in [2.45, 2.75) is 6.61 Å². The van der Waals surface area contributed by atoms with Gasteiger partial charge in [-0.15, -0.1) is 0 Å². The molecule has 0 radical (unpaired) electrons. The summed E-state index contributed by atoms with van der Waals surface area (Å²) in [6.07, 6.45) is 0. The van der Waals surface area contributed by atoms with E-state index in [0.717, 1.165) is 10.0 Å². The van der Waals surface area contributed by atoms with Crippen molar-refractivity contribution in [3.63, 3.8) is 0 Å². The van der Waals surface area contributed by atoms with Gasteiger partial charge in [0.2, 0.25) is 0 Å². The number of halogens is 1. The second-order valence-electron chi connectivity index (χ2n) is 3.65. The monoisotopic (exact) mass is 303 g/mol. The maximum Gasteiger partial charge on any atom is 0.128 e. The molecule has 90 valence electrons. The number of benzene rings is 2. The first-order chi connectivity index (χ1) is 8.72. The van der Waals surface area contributed by atoms with E-state index in [1.54, 1.807) is 42.5 Å². The molecule has 0 spiro atoms. The Balaban J connectivity index is 2.18. The summed E-state index contributed by atoms with van der Waals surface area (Å²) in [7, 11) is 0. The van der Waals surface area contributed by atoms with Crippen LogP contribution < -0.4 is 4.74 Å². The number of hydrogen-bond acceptors (Lipinski definition) is 3. The highest BCUT2D eigenvalue weighted by atomic mass is 79.9. The summed E-state index contributed by atoms with van der Waals surface area (Å²) < 4.78 is 6.44. The van der Waals surface area contributed by atoms with Crippen LogP contribution in [-0.2, 0) is 6.61 Å². The van der Waals surface area contributed by atoms with Crippen molar-refractivity contribution in [1.29, 1.82) is 5.26 Å². The van der Waals surface area contributed by atoms with Crippen LogP contribution in [0.4, 0.5) is 0 Å². The van der Waals surface area contributed by atoms with Crippen LogP contribution in [0.2, 0.25) is 0 Å². The molecule has 4 heteroatoms. The number of nitrogens with zero attached hydrogens (tertiary/aromatic N) is 1. The first-order valence-corrected chi connectivity index (χ1v) is 6.09. The maximum absolute atomic E-state index is 9.06. The summed E-state index contributed by atoms with van der Waals surface area (Å²) >= 11 is 3.36. The number of rotatable bonds is 3. The Labute approximate surface area is 113 Å². The van der Waals surface area contributed by atoms with Crippen molar-refractivity contribution in [2.75, 3.05) is 0 Å². The summed E-state index contributed by atoms with van der Waals surface area (Å²) in [6, 6.07) is 14.3. The quantitative estimate of drug-likeness (QED) is 0.942. The van der Waals surface area contributed by atoms with E-state index in [9.17, 15) is 0 Å². The highest BCUT2D eigenvalue weighted by molar-refractivity contribution is 9.10. The Bertz CT molecular complexity index is 588. The number of nitriles is 1. The van der Waals surface area contributed by atoms with Crippen LogP contribution in [-0.4, -0.2) is 5.11 Å². The molecule has 1 N–H and O–H groups in total. The summed E-state index contributed by atoms with van der Waals surface area (Å²) in [4.78, 5) is 0. The minimum Gasteiger partial charge on any atom is -0.457 e. The van der Waals surface area contributed by atoms with E-state index in [1.807, 2.05) is 0 Å². The summed E-state index contributed by atoms with van der Waals surface area (Å²) in [6.45, 7) is -0.0161. The lowest BCUT2D eigenvalue weighted by molar-refractivity contribution is 0.281. The molecule has 0 saturated heterocycles. The standard InChI is InChI=1S/C14H10BrNO2/c15-14-7-13(6-3-11(14)9-17)18-12-4-1-10(8-16)2-5-12/h1-7,17H,9H2. The van der Waals surface area contributed by atoms with Crippen LogP contribution in [0.3, 0.4) is 0 Å². The first kappa shape index (κ1) is 12.6. The van der Waals surface area contributed by atoms with Gasteiger partial charge in [-0.25, -0.2) is 0 Å². The highest BCUT2D eigenvalue weighted by Crippen LogP contribution is 2.27. The minimum absolute atomic E-state index is 0.0161. The SMILES string of the molecule is N#Cc1ccc(Oc2ccc(CO)c(Br)c2)cc1. The molecule has 0 atom stereocenters. The Morgan fingerprint density at radius 3 is 2.33 bits per heavy atom. The average molecular weight is 304 g/mol. The van der Waals surface area contributed by atoms with Crippen LogP contribution in [0.25, 0.3) is 0 Å². The van der Waals surface area contributed by atoms with E-state index >= 15 is 0 Å². The lowest BCUT2D eigenvalue weighted by Gasteiger charge is -2.07. The number of ether oxygens (including phenoxy) is 1. The molecule has 0 aromatic heterocycles. The van der Waals surface area contributed by atoms with Gasteiger partial charge >= 0.3 is 0 Å². The fourth-order valence-corrected chi connectivity index (χ4v) is 1.94. The van der Waals surface area contributed by atoms with Crippen LogP contribution >= 0.6 is 15.9 Å². The lowest BCUT2D eigenvalue weighted by atomic mass is 10.2. The number of aliphatic hydroxyl groups is 1. The van der Waals surface area contributed by atoms with Crippen molar-refractivity contribution in [2.24, 2.45) is 0 Å². The molecular weight excluding hydrogens is 294 g/mol. The molecule has 2 aromatic carbocycles. The van der Waals surface area contributed by atoms with Crippen molar-refractivity contribution in [1.82, 2.24) is 0 Å². The Kier molecular flexibility index (Phi) is 3.98. The first-order valence-electron chi connectivity index (χ1n) is 5.30. The van der Waals surface area contributed by atoms with Crippen LogP contribution in [0.1, 0.15) is 11.1 Å². The third-order valence-electron chi connectivity index (χ3n) is 2.41. The smallest absolute Gasteiger partial charge is 0.128 e. The average Bonchev–Trinajstić information content (AvgIpc) is 2.40. The molecule has 0 amide bonds. The van der Waals surface area contributed by atoms with Crippen molar-refractivity contribution < 1.29 is 9.84 Å². The molecule has 2 rings (SSSR count). The number of aliphatic hydroxyl groups excluding tert-OH is 1. The molecule has 2 aromatic rings. The normalized spacial score (nSPS) is 9.83. The van der Waals surface area contributed by atoms with Gasteiger partial charge in [-0.1, -0.05) is 22.0 Å². The van der Waals surface area contributed by atoms with Crippen molar-refractivity contribution >= 4 is 15.9 Å². The minimum atomic E-state index is -0.0161. The Hall–Kier alpha value is -1.83. The van der Waals surface area contributed by atoms with Gasteiger partial charge in [0.05, 0.1) is 18.2 Å². The van der Waals surface area contributed by atoms with Gasteiger partial charge in [-0.2, -0.15) is 5.26 Å². The Morgan fingerprint density at radius 2 is 1.78 bits per heavy atom. The van der Waals surface area contributed by atoms with Crippen molar-refractivity contribution in [3.8, 4) is 17.6 Å². The fourth-order valence-electron chi connectivity index (χ4n) is 1.45. The van der Waals surface area contributed by atoms with Gasteiger partial charge < -0.3 is 9.84 Å². The lowest BCUT2D eigenvalue weighted by Crippen LogP contribution is -1.88. The van der Waals surface area contributed by atoms with Gasteiger partial charge in [-0.05, 0) is 42.0 Å². The van der Waals surface area contributed by atoms with Gasteiger partial charge in [-0.3, -0.25) is 0 Å². The predicted octanol–water partition coefficient (Wildman–Crippen LogP) is 3.61. The zero-order valence-corrected chi connectivity index (χ0v) is 11.0. The molecular formula is C14H10BrNO2. The molecule has 3 nitrogen and oxygen atoms in total. The topological polar surface area (TPSA) is 53.2 Å². The second kappa shape index (κ2) is 5.67. The molecule has 0 unspecified atom stereocenters. The van der Waals surface area contributed by atoms with Gasteiger partial charge in [0, 0.05) is 4.47 Å². The molecule has 0 bridgehead atoms. The highest BCUT2D eigenvalue weighted by Gasteiger charge is 2.02. The van der Waals surface area contributed by atoms with Gasteiger partial charge in [0.1, 0.15) is 11.5 Å². The molecule has 0 aliphatic carbocycles. The van der Waals surface area contributed by atoms with E-state index in [4.69, 9.17) is 15.1 Å². The summed E-state index contributed by atoms with van der Waals surface area (Å²) in [5, 5.41) is 17.7. The van der Waals surface area contributed by atoms with Crippen LogP contribution in [0, 0.1) is 11.3 Å². The molecule has 0 aliphatic heterocycles. The van der Waals surface area contributed by atoms with Gasteiger partial charge in [0.15, 0.2) is 0 Å². The van der Waals surface area contributed by atoms with Crippen molar-refractivity contribution in [3.05, 3.63) is 58.1 Å². The zero-order chi connectivity index (χ0) is 13.0. The van der Waals surface area contributed by atoms with E-state index < -0.39 is 0 Å². The third-order valence-corrected chi connectivity index (χ3v) is 3.15. The van der Waals surface area contributed by atoms with E-state index in [2.05, 4.69) is 22.0 Å². The van der Waals surface area contributed by atoms with Crippen LogP contribution in [0.15, 0.2) is 46.9 Å². The molecule has 0 aliphatic rings. The van der Waals surface area contributed by atoms with E-state index in [1.165, 1.54) is 0 Å². The second-order valence-corrected chi connectivity index (χ2v) is 4.50. The zero-order valence-electron chi connectivity index (χ0n) is 9.43. The maximum atomic E-state index is 9.06. The van der Waals surface area contributed by atoms with Gasteiger partial charge in [0.25, 0.3) is 0 Å². The van der Waals surface area contributed by atoms with Crippen LogP contribution in [0.5, 0.6) is 11.5 Å². The molecule has 0 heterocycles. The fraction of sp³-hybridized carbons (Fsp3) is 0.0714. The van der Waals surface area contributed by atoms with E-state index in [0.29, 0.717) is 17.1 Å². The Morgan fingerprint density at radius 1 is 1.11 bits per heavy atom. The molecule has 0 saturated carbocycles. The molecule has 18 heavy (non-hydrogen) atoms. The largest absolute Gasteiger partial charge is 0.457 e. The third kappa shape index (κ3) is 2.89. The summed E-state index contributed by atoms with van der Waals surface area (Å²) in [5.41, 5.74) is 1.40.